The first-order valence-electron chi connectivity index (χ1n) is 7.05. The Balaban J connectivity index is 2.58. The molecule has 0 aliphatic carbocycles. The molecule has 0 atom stereocenters. The molecule has 0 aromatic heterocycles. The van der Waals surface area contributed by atoms with Crippen molar-refractivity contribution in [2.45, 2.75) is 26.7 Å². The lowest BCUT2D eigenvalue weighted by atomic mass is 10.0. The van der Waals surface area contributed by atoms with E-state index in [2.05, 4.69) is 18.6 Å². The monoisotopic (exact) mass is 293 g/mol. The zero-order valence-electron chi connectivity index (χ0n) is 13.1. The van der Waals surface area contributed by atoms with Crippen molar-refractivity contribution in [3.8, 4) is 5.75 Å². The number of esters is 1. The van der Waals surface area contributed by atoms with Crippen molar-refractivity contribution in [2.24, 2.45) is 0 Å². The number of rotatable bonds is 7. The van der Waals surface area contributed by atoms with Gasteiger partial charge in [0.25, 0.3) is 5.91 Å². The van der Waals surface area contributed by atoms with E-state index in [1.165, 1.54) is 12.0 Å². The Morgan fingerprint density at radius 1 is 1.29 bits per heavy atom. The molecule has 0 unspecified atom stereocenters. The molecule has 0 fully saturated rings. The van der Waals surface area contributed by atoms with E-state index >= 15 is 0 Å². The minimum atomic E-state index is -0.438. The molecule has 5 heteroatoms. The summed E-state index contributed by atoms with van der Waals surface area (Å²) >= 11 is 0. The molecule has 0 aliphatic heterocycles. The highest BCUT2D eigenvalue weighted by atomic mass is 16.5. The lowest BCUT2D eigenvalue weighted by Crippen LogP contribution is -2.38. The van der Waals surface area contributed by atoms with E-state index in [9.17, 15) is 9.59 Å². The van der Waals surface area contributed by atoms with Gasteiger partial charge in [0.2, 0.25) is 0 Å². The van der Waals surface area contributed by atoms with Crippen LogP contribution >= 0.6 is 0 Å². The predicted octanol–water partition coefficient (Wildman–Crippen LogP) is 2.21. The molecule has 0 saturated heterocycles. The number of benzene rings is 1. The first-order chi connectivity index (χ1) is 9.97. The van der Waals surface area contributed by atoms with Gasteiger partial charge in [0.1, 0.15) is 12.3 Å². The van der Waals surface area contributed by atoms with Crippen LogP contribution in [0.25, 0.3) is 0 Å². The number of carbonyl (C=O) groups excluding carboxylic acids is 2. The van der Waals surface area contributed by atoms with Crippen LogP contribution < -0.4 is 4.74 Å². The van der Waals surface area contributed by atoms with Gasteiger partial charge in [-0.25, -0.2) is 0 Å². The maximum atomic E-state index is 12.0. The summed E-state index contributed by atoms with van der Waals surface area (Å²) < 4.78 is 10.1. The minimum Gasteiger partial charge on any atom is -0.484 e. The van der Waals surface area contributed by atoms with E-state index in [0.29, 0.717) is 18.2 Å². The van der Waals surface area contributed by atoms with Gasteiger partial charge in [-0.05, 0) is 30.5 Å². The molecule has 0 aliphatic rings. The number of methoxy groups -OCH3 is 1. The molecule has 0 saturated carbocycles. The van der Waals surface area contributed by atoms with Crippen LogP contribution in [-0.2, 0) is 14.3 Å². The fraction of sp³-hybridized carbons (Fsp3) is 0.500. The van der Waals surface area contributed by atoms with E-state index in [4.69, 9.17) is 4.74 Å². The van der Waals surface area contributed by atoms with Gasteiger partial charge in [0.15, 0.2) is 6.61 Å². The van der Waals surface area contributed by atoms with Crippen molar-refractivity contribution in [3.05, 3.63) is 29.8 Å². The van der Waals surface area contributed by atoms with Crippen molar-refractivity contribution in [2.75, 3.05) is 26.8 Å². The molecule has 0 radical (unpaired) electrons. The summed E-state index contributed by atoms with van der Waals surface area (Å²) in [5, 5.41) is 0. The highest BCUT2D eigenvalue weighted by Crippen LogP contribution is 2.20. The van der Waals surface area contributed by atoms with Gasteiger partial charge < -0.3 is 14.4 Å². The largest absolute Gasteiger partial charge is 0.484 e. The minimum absolute atomic E-state index is 0.0543. The van der Waals surface area contributed by atoms with E-state index in [1.807, 2.05) is 24.3 Å². The first-order valence-corrected chi connectivity index (χ1v) is 7.05. The molecule has 0 spiro atoms. The second kappa shape index (κ2) is 8.29. The summed E-state index contributed by atoms with van der Waals surface area (Å²) in [5.41, 5.74) is 1.15. The third-order valence-electron chi connectivity index (χ3n) is 3.17. The van der Waals surface area contributed by atoms with Crippen LogP contribution in [0.15, 0.2) is 24.3 Å². The molecule has 1 amide bonds. The van der Waals surface area contributed by atoms with Crippen LogP contribution in [0.2, 0.25) is 0 Å². The van der Waals surface area contributed by atoms with Gasteiger partial charge in [0.05, 0.1) is 7.11 Å². The maximum Gasteiger partial charge on any atom is 0.325 e. The third kappa shape index (κ3) is 5.45. The number of nitrogens with zero attached hydrogens (tertiary/aromatic N) is 1. The van der Waals surface area contributed by atoms with Gasteiger partial charge in [-0.1, -0.05) is 26.0 Å². The lowest BCUT2D eigenvalue weighted by molar-refractivity contribution is -0.147. The normalized spacial score (nSPS) is 10.3. The number of carbonyl (C=O) groups is 2. The van der Waals surface area contributed by atoms with E-state index in [0.717, 1.165) is 5.56 Å². The summed E-state index contributed by atoms with van der Waals surface area (Å²) in [6.45, 7) is 6.29. The zero-order valence-corrected chi connectivity index (χ0v) is 13.1. The van der Waals surface area contributed by atoms with Crippen LogP contribution in [0.4, 0.5) is 0 Å². The first kappa shape index (κ1) is 17.0. The van der Waals surface area contributed by atoms with Gasteiger partial charge in [0, 0.05) is 6.54 Å². The topological polar surface area (TPSA) is 55.8 Å². The van der Waals surface area contributed by atoms with Crippen LogP contribution in [0.1, 0.15) is 32.3 Å². The molecule has 1 aromatic rings. The van der Waals surface area contributed by atoms with E-state index in [1.54, 1.807) is 6.92 Å². The van der Waals surface area contributed by atoms with Gasteiger partial charge in [-0.15, -0.1) is 0 Å². The van der Waals surface area contributed by atoms with Crippen molar-refractivity contribution < 1.29 is 19.1 Å². The molecule has 0 N–H and O–H groups in total. The van der Waals surface area contributed by atoms with Crippen LogP contribution in [0.3, 0.4) is 0 Å². The van der Waals surface area contributed by atoms with Crippen LogP contribution in [0, 0.1) is 0 Å². The summed E-state index contributed by atoms with van der Waals surface area (Å²) in [5.74, 6) is 0.379. The number of hydrogen-bond acceptors (Lipinski definition) is 4. The number of amides is 1. The summed E-state index contributed by atoms with van der Waals surface area (Å²) in [6.07, 6.45) is 0. The maximum absolute atomic E-state index is 12.0. The van der Waals surface area contributed by atoms with Crippen LogP contribution in [-0.4, -0.2) is 43.6 Å². The molecule has 0 bridgehead atoms. The summed E-state index contributed by atoms with van der Waals surface area (Å²) in [6, 6.07) is 7.67. The quantitative estimate of drug-likeness (QED) is 0.723. The second-order valence-corrected chi connectivity index (χ2v) is 5.00. The fourth-order valence-electron chi connectivity index (χ4n) is 1.80. The summed E-state index contributed by atoms with van der Waals surface area (Å²) in [7, 11) is 1.30. The molecule has 116 valence electrons. The molecule has 1 aromatic carbocycles. The third-order valence-corrected chi connectivity index (χ3v) is 3.17. The fourth-order valence-corrected chi connectivity index (χ4v) is 1.80. The second-order valence-electron chi connectivity index (χ2n) is 5.00. The molecule has 21 heavy (non-hydrogen) atoms. The molecule has 1 rings (SSSR count). The number of likely N-dealkylation sites (N-methyl/N-ethyl adjacent to an activating group) is 1. The zero-order chi connectivity index (χ0) is 15.8. The van der Waals surface area contributed by atoms with Crippen molar-refractivity contribution in [3.63, 3.8) is 0 Å². The lowest BCUT2D eigenvalue weighted by Gasteiger charge is -2.19. The van der Waals surface area contributed by atoms with Gasteiger partial charge >= 0.3 is 5.97 Å². The Hall–Kier alpha value is -2.04. The Labute approximate surface area is 125 Å². The average molecular weight is 293 g/mol. The molecule has 0 heterocycles. The highest BCUT2D eigenvalue weighted by molar-refractivity contribution is 5.83. The molecular weight excluding hydrogens is 270 g/mol. The Kier molecular flexibility index (Phi) is 6.72. The Bertz CT molecular complexity index is 485. The standard InChI is InChI=1S/C16H23NO4/c1-5-17(10-16(19)20-4)15(18)11-21-14-8-6-7-13(9-14)12(2)3/h6-9,12H,5,10-11H2,1-4H3. The highest BCUT2D eigenvalue weighted by Gasteiger charge is 2.16. The summed E-state index contributed by atoms with van der Waals surface area (Å²) in [4.78, 5) is 24.6. The predicted molar refractivity (Wildman–Crippen MR) is 80.3 cm³/mol. The molecular formula is C16H23NO4. The van der Waals surface area contributed by atoms with Gasteiger partial charge in [-0.3, -0.25) is 9.59 Å². The number of hydrogen-bond donors (Lipinski definition) is 0. The van der Waals surface area contributed by atoms with Gasteiger partial charge in [-0.2, -0.15) is 0 Å². The SMILES string of the molecule is CCN(CC(=O)OC)C(=O)COc1cccc(C(C)C)c1. The van der Waals surface area contributed by atoms with Crippen molar-refractivity contribution >= 4 is 11.9 Å². The molecule has 5 nitrogen and oxygen atoms in total. The smallest absolute Gasteiger partial charge is 0.325 e. The average Bonchev–Trinajstić information content (AvgIpc) is 2.50. The van der Waals surface area contributed by atoms with Crippen molar-refractivity contribution in [1.29, 1.82) is 0 Å². The van der Waals surface area contributed by atoms with Crippen LogP contribution in [0.5, 0.6) is 5.75 Å². The van der Waals surface area contributed by atoms with E-state index in [-0.39, 0.29) is 19.1 Å². The van der Waals surface area contributed by atoms with Crippen molar-refractivity contribution in [1.82, 2.24) is 4.90 Å². The Morgan fingerprint density at radius 2 is 2.00 bits per heavy atom. The van der Waals surface area contributed by atoms with E-state index < -0.39 is 5.97 Å². The Morgan fingerprint density at radius 3 is 2.57 bits per heavy atom. The number of ether oxygens (including phenoxy) is 2.